The van der Waals surface area contributed by atoms with Crippen LogP contribution in [0.4, 0.5) is 8.78 Å². The van der Waals surface area contributed by atoms with Gasteiger partial charge in [-0.1, -0.05) is 0 Å². The molecule has 0 fully saturated rings. The highest BCUT2D eigenvalue weighted by Gasteiger charge is 2.14. The highest BCUT2D eigenvalue weighted by Crippen LogP contribution is 2.25. The quantitative estimate of drug-likeness (QED) is 0.661. The molecule has 78 valence electrons. The first-order chi connectivity index (χ1) is 7.06. The highest BCUT2D eigenvalue weighted by molar-refractivity contribution is 5.93. The molecule has 0 saturated heterocycles. The molecule has 2 rings (SSSR count). The van der Waals surface area contributed by atoms with Gasteiger partial charge in [0.25, 0.3) is 0 Å². The van der Waals surface area contributed by atoms with Gasteiger partial charge in [0.2, 0.25) is 0 Å². The number of carbonyl (C=O) groups is 1. The van der Waals surface area contributed by atoms with Crippen LogP contribution in [-0.4, -0.2) is 10.9 Å². The first-order valence-electron chi connectivity index (χ1n) is 4.45. The molecule has 0 aliphatic heterocycles. The number of hydrogen-bond acceptors (Lipinski definition) is 1. The van der Waals surface area contributed by atoms with Gasteiger partial charge in [0.1, 0.15) is 0 Å². The Kier molecular flexibility index (Phi) is 2.07. The maximum Gasteiger partial charge on any atom is 0.166 e. The van der Waals surface area contributed by atoms with Gasteiger partial charge in [-0.3, -0.25) is 4.79 Å². The molecular formula is C11H9F2NO. The molecule has 1 aromatic heterocycles. The number of halogens is 2. The third kappa shape index (κ3) is 1.25. The fourth-order valence-electron chi connectivity index (χ4n) is 1.80. The van der Waals surface area contributed by atoms with Crippen LogP contribution in [0.3, 0.4) is 0 Å². The van der Waals surface area contributed by atoms with Crippen molar-refractivity contribution in [2.24, 2.45) is 7.05 Å². The van der Waals surface area contributed by atoms with E-state index in [4.69, 9.17) is 0 Å². The van der Waals surface area contributed by atoms with Crippen molar-refractivity contribution in [3.8, 4) is 0 Å². The molecule has 15 heavy (non-hydrogen) atoms. The molecule has 4 heteroatoms. The summed E-state index contributed by atoms with van der Waals surface area (Å²) in [5.41, 5.74) is 1.63. The molecule has 0 N–H and O–H groups in total. The van der Waals surface area contributed by atoms with E-state index in [1.807, 2.05) is 0 Å². The van der Waals surface area contributed by atoms with E-state index < -0.39 is 11.6 Å². The van der Waals surface area contributed by atoms with Crippen molar-refractivity contribution in [2.45, 2.75) is 6.92 Å². The van der Waals surface area contributed by atoms with Gasteiger partial charge in [-0.05, 0) is 18.6 Å². The van der Waals surface area contributed by atoms with Crippen molar-refractivity contribution >= 4 is 17.2 Å². The van der Waals surface area contributed by atoms with Gasteiger partial charge in [-0.15, -0.1) is 0 Å². The van der Waals surface area contributed by atoms with E-state index >= 15 is 0 Å². The number of aldehydes is 1. The Morgan fingerprint density at radius 2 is 1.87 bits per heavy atom. The van der Waals surface area contributed by atoms with Crippen LogP contribution in [0.5, 0.6) is 0 Å². The summed E-state index contributed by atoms with van der Waals surface area (Å²) in [6.45, 7) is 1.71. The standard InChI is InChI=1S/C11H9F2NO/c1-6-7-3-8(12)9(13)4-10(7)14(2)11(6)5-15/h3-5H,1-2H3. The van der Waals surface area contributed by atoms with E-state index in [0.717, 1.165) is 12.1 Å². The average Bonchev–Trinajstić information content (AvgIpc) is 2.42. The highest BCUT2D eigenvalue weighted by atomic mass is 19.2. The zero-order valence-corrected chi connectivity index (χ0v) is 8.34. The maximum atomic E-state index is 13.0. The molecule has 0 unspecified atom stereocenters. The summed E-state index contributed by atoms with van der Waals surface area (Å²) < 4.78 is 27.6. The number of aryl methyl sites for hydroxylation is 2. The van der Waals surface area contributed by atoms with Crippen LogP contribution in [0.1, 0.15) is 16.1 Å². The zero-order chi connectivity index (χ0) is 11.2. The molecule has 1 aromatic carbocycles. The number of carbonyl (C=O) groups excluding carboxylic acids is 1. The minimum atomic E-state index is -0.902. The second kappa shape index (κ2) is 3.15. The number of aromatic nitrogens is 1. The predicted octanol–water partition coefficient (Wildman–Crippen LogP) is 2.58. The smallest absolute Gasteiger partial charge is 0.166 e. The summed E-state index contributed by atoms with van der Waals surface area (Å²) >= 11 is 0. The number of nitrogens with zero attached hydrogens (tertiary/aromatic N) is 1. The summed E-state index contributed by atoms with van der Waals surface area (Å²) in [5.74, 6) is -1.80. The van der Waals surface area contributed by atoms with Gasteiger partial charge in [0.05, 0.1) is 11.2 Å². The Morgan fingerprint density at radius 3 is 2.47 bits per heavy atom. The molecule has 0 spiro atoms. The lowest BCUT2D eigenvalue weighted by molar-refractivity contribution is 0.111. The van der Waals surface area contributed by atoms with Gasteiger partial charge < -0.3 is 4.57 Å². The lowest BCUT2D eigenvalue weighted by atomic mass is 10.1. The lowest BCUT2D eigenvalue weighted by Crippen LogP contribution is -1.95. The van der Waals surface area contributed by atoms with E-state index in [1.165, 1.54) is 0 Å². The molecule has 0 saturated carbocycles. The fraction of sp³-hybridized carbons (Fsp3) is 0.182. The Labute approximate surface area is 85.1 Å². The normalized spacial score (nSPS) is 10.9. The number of fused-ring (bicyclic) bond motifs is 1. The fourth-order valence-corrected chi connectivity index (χ4v) is 1.80. The molecule has 0 radical (unpaired) electrons. The Bertz CT molecular complexity index is 512. The van der Waals surface area contributed by atoms with Gasteiger partial charge >= 0.3 is 0 Å². The Hall–Kier alpha value is -1.71. The Balaban J connectivity index is 2.96. The summed E-state index contributed by atoms with van der Waals surface area (Å²) in [6, 6.07) is 2.22. The summed E-state index contributed by atoms with van der Waals surface area (Å²) in [6.07, 6.45) is 0.686. The molecular weight excluding hydrogens is 200 g/mol. The van der Waals surface area contributed by atoms with Gasteiger partial charge in [0, 0.05) is 18.5 Å². The topological polar surface area (TPSA) is 22.0 Å². The predicted molar refractivity (Wildman–Crippen MR) is 53.0 cm³/mol. The lowest BCUT2D eigenvalue weighted by Gasteiger charge is -1.98. The monoisotopic (exact) mass is 209 g/mol. The second-order valence-electron chi connectivity index (χ2n) is 3.47. The second-order valence-corrected chi connectivity index (χ2v) is 3.47. The van der Waals surface area contributed by atoms with Crippen molar-refractivity contribution < 1.29 is 13.6 Å². The van der Waals surface area contributed by atoms with Gasteiger partial charge in [-0.25, -0.2) is 8.78 Å². The van der Waals surface area contributed by atoms with Crippen molar-refractivity contribution in [1.29, 1.82) is 0 Å². The van der Waals surface area contributed by atoms with Crippen LogP contribution in [0.15, 0.2) is 12.1 Å². The minimum absolute atomic E-state index is 0.440. The van der Waals surface area contributed by atoms with Gasteiger partial charge in [-0.2, -0.15) is 0 Å². The first kappa shape index (κ1) is 9.83. The van der Waals surface area contributed by atoms with E-state index in [-0.39, 0.29) is 0 Å². The molecule has 0 aliphatic carbocycles. The minimum Gasteiger partial charge on any atom is -0.341 e. The molecule has 0 atom stereocenters. The first-order valence-corrected chi connectivity index (χ1v) is 4.45. The van der Waals surface area contributed by atoms with Crippen LogP contribution in [0.2, 0.25) is 0 Å². The summed E-state index contributed by atoms with van der Waals surface area (Å²) in [7, 11) is 1.65. The van der Waals surface area contributed by atoms with E-state index in [2.05, 4.69) is 0 Å². The van der Waals surface area contributed by atoms with Crippen molar-refractivity contribution in [3.05, 3.63) is 35.0 Å². The third-order valence-corrected chi connectivity index (χ3v) is 2.66. The van der Waals surface area contributed by atoms with Crippen molar-refractivity contribution in [1.82, 2.24) is 4.57 Å². The molecule has 2 aromatic rings. The molecule has 0 amide bonds. The molecule has 2 nitrogen and oxygen atoms in total. The number of benzene rings is 1. The largest absolute Gasteiger partial charge is 0.341 e. The molecule has 1 heterocycles. The van der Waals surface area contributed by atoms with Crippen LogP contribution in [0.25, 0.3) is 10.9 Å². The molecule has 0 bridgehead atoms. The molecule has 0 aliphatic rings. The van der Waals surface area contributed by atoms with E-state index in [1.54, 1.807) is 18.5 Å². The summed E-state index contributed by atoms with van der Waals surface area (Å²) in [4.78, 5) is 10.8. The van der Waals surface area contributed by atoms with Crippen molar-refractivity contribution in [3.63, 3.8) is 0 Å². The SMILES string of the molecule is Cc1c(C=O)n(C)c2cc(F)c(F)cc12. The number of rotatable bonds is 1. The third-order valence-electron chi connectivity index (χ3n) is 2.66. The number of hydrogen-bond donors (Lipinski definition) is 0. The zero-order valence-electron chi connectivity index (χ0n) is 8.34. The van der Waals surface area contributed by atoms with E-state index in [0.29, 0.717) is 28.4 Å². The summed E-state index contributed by atoms with van der Waals surface area (Å²) in [5, 5.41) is 0.568. The van der Waals surface area contributed by atoms with Crippen LogP contribution < -0.4 is 0 Å². The van der Waals surface area contributed by atoms with Crippen LogP contribution in [-0.2, 0) is 7.05 Å². The van der Waals surface area contributed by atoms with Crippen LogP contribution >= 0.6 is 0 Å². The maximum absolute atomic E-state index is 13.0. The van der Waals surface area contributed by atoms with E-state index in [9.17, 15) is 13.6 Å². The van der Waals surface area contributed by atoms with Crippen LogP contribution in [0, 0.1) is 18.6 Å². The van der Waals surface area contributed by atoms with Crippen molar-refractivity contribution in [2.75, 3.05) is 0 Å². The average molecular weight is 209 g/mol. The van der Waals surface area contributed by atoms with Gasteiger partial charge in [0.15, 0.2) is 17.9 Å². The Morgan fingerprint density at radius 1 is 1.27 bits per heavy atom.